The topological polar surface area (TPSA) is 111 Å². The van der Waals surface area contributed by atoms with E-state index in [0.717, 1.165) is 12.4 Å². The van der Waals surface area contributed by atoms with Crippen LogP contribution in [0, 0.1) is 6.20 Å². The summed E-state index contributed by atoms with van der Waals surface area (Å²) in [5.74, 6) is -1.95. The van der Waals surface area contributed by atoms with Gasteiger partial charge in [0.2, 0.25) is 5.82 Å². The van der Waals surface area contributed by atoms with Crippen molar-refractivity contribution in [3.05, 3.63) is 42.4 Å². The highest BCUT2D eigenvalue weighted by molar-refractivity contribution is 6.03. The number of nitrogens with one attached hydrogen (secondary N) is 1. The summed E-state index contributed by atoms with van der Waals surface area (Å²) in [5.41, 5.74) is 0.620. The Balaban J connectivity index is 1.70. The Labute approximate surface area is 138 Å². The number of hydrogen-bond acceptors (Lipinski definition) is 7. The smallest absolute Gasteiger partial charge is 0.305 e. The molecule has 3 aromatic heterocycles. The zero-order valence-electron chi connectivity index (χ0n) is 12.5. The van der Waals surface area contributed by atoms with E-state index in [1.54, 1.807) is 7.05 Å². The molecule has 0 atom stereocenters. The van der Waals surface area contributed by atoms with Crippen LogP contribution in [0.3, 0.4) is 0 Å². The first-order chi connectivity index (χ1) is 11.8. The van der Waals surface area contributed by atoms with E-state index >= 15 is 0 Å². The number of halogens is 3. The average Bonchev–Trinajstić information content (AvgIpc) is 3.01. The van der Waals surface area contributed by atoms with Gasteiger partial charge in [0.05, 0.1) is 18.0 Å². The van der Waals surface area contributed by atoms with Crippen LogP contribution >= 0.6 is 0 Å². The largest absolute Gasteiger partial charge is 0.451 e. The molecule has 3 heterocycles. The molecule has 3 rings (SSSR count). The molecule has 0 aliphatic rings. The summed E-state index contributed by atoms with van der Waals surface area (Å²) < 4.78 is 38.5. The maximum Gasteiger partial charge on any atom is 0.451 e. The van der Waals surface area contributed by atoms with E-state index in [1.807, 2.05) is 0 Å². The number of hydrogen-bond donors (Lipinski definition) is 1. The van der Waals surface area contributed by atoms with Crippen LogP contribution < -0.4 is 5.32 Å². The molecule has 0 aliphatic heterocycles. The monoisotopic (exact) mass is 349 g/mol. The van der Waals surface area contributed by atoms with Gasteiger partial charge in [0, 0.05) is 19.4 Å². The molecular weight excluding hydrogens is 341 g/mol. The Bertz CT molecular complexity index is 889. The van der Waals surface area contributed by atoms with Crippen LogP contribution in [0.2, 0.25) is 0 Å². The van der Waals surface area contributed by atoms with Crippen LogP contribution in [0.4, 0.5) is 19.0 Å². The maximum absolute atomic E-state index is 12.4. The van der Waals surface area contributed by atoms with Gasteiger partial charge < -0.3 is 5.32 Å². The quantitative estimate of drug-likeness (QED) is 0.754. The molecule has 0 aliphatic carbocycles. The lowest BCUT2D eigenvalue weighted by atomic mass is 10.3. The summed E-state index contributed by atoms with van der Waals surface area (Å²) in [6, 6.07) is 0. The van der Waals surface area contributed by atoms with Crippen molar-refractivity contribution in [1.82, 2.24) is 34.9 Å². The molecule has 12 heteroatoms. The SMILES string of the molecule is Cn1[c]c(-c2cnc(NC(=O)c3cnc(C(F)(F)F)nc3)cn2)nn1. The standard InChI is InChI=1S/C13H8F3N8O/c1-24-6-9(22-23-24)8-4-18-10(5-17-8)21-11(25)7-2-19-12(20-3-7)13(14,15)16/h2-5H,1H3,(H,18,21,25). The molecule has 0 saturated carbocycles. The Hall–Kier alpha value is -3.44. The van der Waals surface area contributed by atoms with Crippen molar-refractivity contribution in [2.24, 2.45) is 7.05 Å². The summed E-state index contributed by atoms with van der Waals surface area (Å²) in [6.07, 6.45) is 2.29. The van der Waals surface area contributed by atoms with Gasteiger partial charge in [0.25, 0.3) is 5.91 Å². The third kappa shape index (κ3) is 3.73. The molecule has 0 bridgehead atoms. The fourth-order valence-electron chi connectivity index (χ4n) is 1.71. The normalized spacial score (nSPS) is 11.4. The molecule has 9 nitrogen and oxygen atoms in total. The van der Waals surface area contributed by atoms with E-state index in [-0.39, 0.29) is 11.4 Å². The second-order valence-electron chi connectivity index (χ2n) is 4.71. The summed E-state index contributed by atoms with van der Waals surface area (Å²) in [6.45, 7) is 0. The molecule has 1 N–H and O–H groups in total. The molecule has 1 radical (unpaired) electrons. The molecular formula is C13H8F3N8O. The Morgan fingerprint density at radius 3 is 2.36 bits per heavy atom. The van der Waals surface area contributed by atoms with E-state index < -0.39 is 17.9 Å². The van der Waals surface area contributed by atoms with Crippen molar-refractivity contribution in [1.29, 1.82) is 0 Å². The number of amides is 1. The number of rotatable bonds is 3. The number of alkyl halides is 3. The van der Waals surface area contributed by atoms with Crippen molar-refractivity contribution in [3.63, 3.8) is 0 Å². The number of carbonyl (C=O) groups excluding carboxylic acids is 1. The van der Waals surface area contributed by atoms with Gasteiger partial charge in [-0.3, -0.25) is 4.79 Å². The summed E-state index contributed by atoms with van der Waals surface area (Å²) in [4.78, 5) is 26.2. The number of aromatic nitrogens is 7. The third-order valence-electron chi connectivity index (χ3n) is 2.85. The maximum atomic E-state index is 12.4. The first kappa shape index (κ1) is 16.4. The van der Waals surface area contributed by atoms with Gasteiger partial charge in [-0.25, -0.2) is 24.6 Å². The number of anilines is 1. The first-order valence-corrected chi connectivity index (χ1v) is 6.65. The van der Waals surface area contributed by atoms with E-state index in [1.165, 1.54) is 17.1 Å². The molecule has 0 spiro atoms. The summed E-state index contributed by atoms with van der Waals surface area (Å²) in [7, 11) is 1.64. The zero-order chi connectivity index (χ0) is 18.0. The molecule has 25 heavy (non-hydrogen) atoms. The van der Waals surface area contributed by atoms with Crippen LogP contribution in [0.1, 0.15) is 16.2 Å². The second kappa shape index (κ2) is 6.22. The highest BCUT2D eigenvalue weighted by atomic mass is 19.4. The molecule has 127 valence electrons. The van der Waals surface area contributed by atoms with Gasteiger partial charge in [-0.1, -0.05) is 5.21 Å². The molecule has 3 aromatic rings. The lowest BCUT2D eigenvalue weighted by Gasteiger charge is -2.06. The Morgan fingerprint density at radius 1 is 1.12 bits per heavy atom. The molecule has 1 amide bonds. The fraction of sp³-hybridized carbons (Fsp3) is 0.154. The Morgan fingerprint density at radius 2 is 1.84 bits per heavy atom. The van der Waals surface area contributed by atoms with Crippen molar-refractivity contribution in [2.75, 3.05) is 5.32 Å². The van der Waals surface area contributed by atoms with Gasteiger partial charge in [0.1, 0.15) is 17.6 Å². The van der Waals surface area contributed by atoms with Gasteiger partial charge in [-0.2, -0.15) is 13.2 Å². The molecule has 0 aromatic carbocycles. The summed E-state index contributed by atoms with van der Waals surface area (Å²) in [5, 5.41) is 9.89. The third-order valence-corrected chi connectivity index (χ3v) is 2.85. The van der Waals surface area contributed by atoms with Crippen LogP contribution in [0.5, 0.6) is 0 Å². The van der Waals surface area contributed by atoms with E-state index in [0.29, 0.717) is 11.4 Å². The number of aryl methyl sites for hydroxylation is 1. The van der Waals surface area contributed by atoms with Crippen molar-refractivity contribution in [2.45, 2.75) is 6.18 Å². The molecule has 0 fully saturated rings. The minimum Gasteiger partial charge on any atom is -0.305 e. The predicted molar refractivity (Wildman–Crippen MR) is 75.9 cm³/mol. The second-order valence-corrected chi connectivity index (χ2v) is 4.71. The van der Waals surface area contributed by atoms with E-state index in [4.69, 9.17) is 0 Å². The highest BCUT2D eigenvalue weighted by Crippen LogP contribution is 2.25. The van der Waals surface area contributed by atoms with Gasteiger partial charge >= 0.3 is 6.18 Å². The minimum absolute atomic E-state index is 0.0949. The predicted octanol–water partition coefficient (Wildman–Crippen LogP) is 1.13. The van der Waals surface area contributed by atoms with Gasteiger partial charge in [0.15, 0.2) is 5.82 Å². The molecule has 0 unspecified atom stereocenters. The van der Waals surface area contributed by atoms with Crippen LogP contribution in [0.15, 0.2) is 24.8 Å². The van der Waals surface area contributed by atoms with E-state index in [9.17, 15) is 18.0 Å². The van der Waals surface area contributed by atoms with Gasteiger partial charge in [-0.05, 0) is 0 Å². The van der Waals surface area contributed by atoms with Crippen LogP contribution in [-0.4, -0.2) is 40.8 Å². The minimum atomic E-state index is -4.67. The lowest BCUT2D eigenvalue weighted by molar-refractivity contribution is -0.145. The van der Waals surface area contributed by atoms with Crippen molar-refractivity contribution in [3.8, 4) is 11.4 Å². The number of carbonyl (C=O) groups is 1. The number of nitrogens with zero attached hydrogens (tertiary/aromatic N) is 7. The highest BCUT2D eigenvalue weighted by Gasteiger charge is 2.34. The average molecular weight is 349 g/mol. The van der Waals surface area contributed by atoms with Gasteiger partial charge in [-0.15, -0.1) is 5.10 Å². The van der Waals surface area contributed by atoms with Crippen molar-refractivity contribution < 1.29 is 18.0 Å². The van der Waals surface area contributed by atoms with Crippen LogP contribution in [-0.2, 0) is 13.2 Å². The Kier molecular flexibility index (Phi) is 4.09. The fourth-order valence-corrected chi connectivity index (χ4v) is 1.71. The summed E-state index contributed by atoms with van der Waals surface area (Å²) >= 11 is 0. The molecule has 0 saturated heterocycles. The lowest BCUT2D eigenvalue weighted by Crippen LogP contribution is -2.16. The zero-order valence-corrected chi connectivity index (χ0v) is 12.5. The van der Waals surface area contributed by atoms with Crippen LogP contribution in [0.25, 0.3) is 11.4 Å². The van der Waals surface area contributed by atoms with Crippen molar-refractivity contribution >= 4 is 11.7 Å². The van der Waals surface area contributed by atoms with E-state index in [2.05, 4.69) is 41.8 Å². The first-order valence-electron chi connectivity index (χ1n) is 6.65.